The van der Waals surface area contributed by atoms with Crippen LogP contribution < -0.4 is 10.9 Å². The molecule has 3 heterocycles. The predicted molar refractivity (Wildman–Crippen MR) is 133 cm³/mol. The van der Waals surface area contributed by atoms with E-state index in [1.165, 1.54) is 10.8 Å². The lowest BCUT2D eigenvalue weighted by Gasteiger charge is -2.14. The molecule has 0 bridgehead atoms. The first-order chi connectivity index (χ1) is 16.5. The van der Waals surface area contributed by atoms with Gasteiger partial charge in [-0.1, -0.05) is 48.0 Å². The Balaban J connectivity index is 1.63. The van der Waals surface area contributed by atoms with Crippen LogP contribution in [-0.2, 0) is 11.3 Å². The van der Waals surface area contributed by atoms with Crippen molar-refractivity contribution in [3.05, 3.63) is 101 Å². The number of benzene rings is 2. The predicted octanol–water partition coefficient (Wildman–Crippen LogP) is 4.32. The summed E-state index contributed by atoms with van der Waals surface area (Å²) in [5, 5.41) is 3.63. The van der Waals surface area contributed by atoms with Crippen LogP contribution in [0, 0.1) is 0 Å². The molecular formula is C26H20ClN5O2. The highest BCUT2D eigenvalue weighted by molar-refractivity contribution is 6.30. The van der Waals surface area contributed by atoms with Crippen molar-refractivity contribution >= 4 is 28.4 Å². The van der Waals surface area contributed by atoms with Gasteiger partial charge >= 0.3 is 0 Å². The van der Waals surface area contributed by atoms with Gasteiger partial charge in [0.1, 0.15) is 18.2 Å². The molecule has 3 aromatic heterocycles. The minimum absolute atomic E-state index is 0.0751. The molecule has 168 valence electrons. The van der Waals surface area contributed by atoms with Gasteiger partial charge in [0.15, 0.2) is 0 Å². The summed E-state index contributed by atoms with van der Waals surface area (Å²) < 4.78 is 3.39. The summed E-state index contributed by atoms with van der Waals surface area (Å²) in [6.07, 6.45) is 3.37. The molecule has 7 nitrogen and oxygen atoms in total. The number of rotatable bonds is 5. The third kappa shape index (κ3) is 3.97. The van der Waals surface area contributed by atoms with Crippen LogP contribution in [0.5, 0.6) is 0 Å². The third-order valence-corrected chi connectivity index (χ3v) is 5.80. The number of fused-ring (bicyclic) bond motifs is 1. The van der Waals surface area contributed by atoms with E-state index in [0.717, 1.165) is 16.8 Å². The number of nitrogens with one attached hydrogen (secondary N) is 1. The molecule has 5 aromatic rings. The molecule has 0 atom stereocenters. The summed E-state index contributed by atoms with van der Waals surface area (Å²) in [6.45, 7) is 0.231. The highest BCUT2D eigenvalue weighted by atomic mass is 35.5. The maximum Gasteiger partial charge on any atom is 0.267 e. The molecule has 0 spiro atoms. The summed E-state index contributed by atoms with van der Waals surface area (Å²) in [7, 11) is 1.62. The molecule has 2 aromatic carbocycles. The summed E-state index contributed by atoms with van der Waals surface area (Å²) in [5.74, 6) is 0.839. The van der Waals surface area contributed by atoms with Gasteiger partial charge in [-0.3, -0.25) is 9.59 Å². The highest BCUT2D eigenvalue weighted by Crippen LogP contribution is 2.26. The molecule has 8 heteroatoms. The number of hydrogen-bond acceptors (Lipinski definition) is 4. The fraction of sp³-hybridized carbons (Fsp3) is 0.0769. The van der Waals surface area contributed by atoms with Gasteiger partial charge in [0.2, 0.25) is 5.91 Å². The number of carbonyl (C=O) groups is 1. The Hall–Kier alpha value is -4.23. The normalized spacial score (nSPS) is 11.0. The SMILES string of the molecule is CNC(=O)Cn1cccc1-c1ccc(-c2nc3ccccc3c(=O)n2-c2ccc(Cl)cn2)cc1. The third-order valence-electron chi connectivity index (χ3n) is 5.58. The van der Waals surface area contributed by atoms with Gasteiger partial charge in [-0.2, -0.15) is 0 Å². The van der Waals surface area contributed by atoms with Crippen LogP contribution in [0.4, 0.5) is 0 Å². The Morgan fingerprint density at radius 3 is 2.47 bits per heavy atom. The second-order valence-electron chi connectivity index (χ2n) is 7.70. The van der Waals surface area contributed by atoms with Crippen molar-refractivity contribution in [1.82, 2.24) is 24.4 Å². The second-order valence-corrected chi connectivity index (χ2v) is 8.14. The van der Waals surface area contributed by atoms with E-state index in [0.29, 0.717) is 27.6 Å². The van der Waals surface area contributed by atoms with E-state index in [1.54, 1.807) is 25.2 Å². The molecule has 0 saturated carbocycles. The molecule has 34 heavy (non-hydrogen) atoms. The summed E-state index contributed by atoms with van der Waals surface area (Å²) in [4.78, 5) is 34.4. The van der Waals surface area contributed by atoms with Crippen LogP contribution >= 0.6 is 11.6 Å². The van der Waals surface area contributed by atoms with Crippen molar-refractivity contribution in [3.63, 3.8) is 0 Å². The number of likely N-dealkylation sites (N-methyl/N-ethyl adjacent to an activating group) is 1. The summed E-state index contributed by atoms with van der Waals surface area (Å²) >= 11 is 6.02. The quantitative estimate of drug-likeness (QED) is 0.415. The molecule has 1 N–H and O–H groups in total. The zero-order chi connectivity index (χ0) is 23.7. The molecule has 0 aliphatic rings. The first kappa shape index (κ1) is 21.6. The molecule has 0 saturated heterocycles. The highest BCUT2D eigenvalue weighted by Gasteiger charge is 2.16. The first-order valence-electron chi connectivity index (χ1n) is 10.7. The van der Waals surface area contributed by atoms with E-state index >= 15 is 0 Å². The van der Waals surface area contributed by atoms with Crippen molar-refractivity contribution in [2.24, 2.45) is 0 Å². The number of hydrogen-bond donors (Lipinski definition) is 1. The lowest BCUT2D eigenvalue weighted by molar-refractivity contribution is -0.121. The van der Waals surface area contributed by atoms with Crippen molar-refractivity contribution in [2.45, 2.75) is 6.54 Å². The Morgan fingerprint density at radius 2 is 1.74 bits per heavy atom. The standard InChI is InChI=1S/C26H20ClN5O2/c1-28-24(33)16-31-14-4-7-22(31)17-8-10-18(11-9-17)25-30-21-6-3-2-5-20(21)26(34)32(25)23-13-12-19(27)15-29-23/h2-15H,16H2,1H3,(H,28,33). The Labute approximate surface area is 200 Å². The van der Waals surface area contributed by atoms with Gasteiger partial charge in [0.05, 0.1) is 15.9 Å². The van der Waals surface area contributed by atoms with Crippen molar-refractivity contribution in [1.29, 1.82) is 0 Å². The number of aromatic nitrogens is 4. The van der Waals surface area contributed by atoms with Gasteiger partial charge in [0, 0.05) is 30.7 Å². The fourth-order valence-electron chi connectivity index (χ4n) is 3.88. The lowest BCUT2D eigenvalue weighted by Crippen LogP contribution is -2.23. The van der Waals surface area contributed by atoms with Crippen molar-refractivity contribution in [2.75, 3.05) is 7.05 Å². The Bertz CT molecular complexity index is 1550. The van der Waals surface area contributed by atoms with E-state index in [-0.39, 0.29) is 18.0 Å². The second kappa shape index (κ2) is 8.96. The van der Waals surface area contributed by atoms with Gasteiger partial charge in [-0.25, -0.2) is 14.5 Å². The average Bonchev–Trinajstić information content (AvgIpc) is 3.33. The van der Waals surface area contributed by atoms with Gasteiger partial charge in [-0.05, 0) is 42.0 Å². The Morgan fingerprint density at radius 1 is 0.971 bits per heavy atom. The smallest absolute Gasteiger partial charge is 0.267 e. The van der Waals surface area contributed by atoms with E-state index in [2.05, 4.69) is 10.3 Å². The molecular weight excluding hydrogens is 450 g/mol. The first-order valence-corrected chi connectivity index (χ1v) is 11.0. The summed E-state index contributed by atoms with van der Waals surface area (Å²) in [5.41, 5.74) is 3.01. The van der Waals surface area contributed by atoms with Gasteiger partial charge < -0.3 is 9.88 Å². The summed E-state index contributed by atoms with van der Waals surface area (Å²) in [6, 6.07) is 22.2. The van der Waals surface area contributed by atoms with E-state index in [1.807, 2.05) is 65.4 Å². The molecule has 1 amide bonds. The number of nitrogens with zero attached hydrogens (tertiary/aromatic N) is 4. The number of para-hydroxylation sites is 1. The monoisotopic (exact) mass is 469 g/mol. The molecule has 0 radical (unpaired) electrons. The topological polar surface area (TPSA) is 81.8 Å². The fourth-order valence-corrected chi connectivity index (χ4v) is 3.99. The molecule has 0 aliphatic heterocycles. The zero-order valence-electron chi connectivity index (χ0n) is 18.3. The van der Waals surface area contributed by atoms with Crippen LogP contribution in [0.3, 0.4) is 0 Å². The maximum atomic E-state index is 13.4. The number of amides is 1. The van der Waals surface area contributed by atoms with E-state index in [4.69, 9.17) is 16.6 Å². The van der Waals surface area contributed by atoms with Crippen LogP contribution in [-0.4, -0.2) is 32.1 Å². The Kier molecular flexibility index (Phi) is 5.69. The van der Waals surface area contributed by atoms with Crippen molar-refractivity contribution < 1.29 is 4.79 Å². The van der Waals surface area contributed by atoms with Crippen LogP contribution in [0.25, 0.3) is 39.4 Å². The minimum atomic E-state index is -0.209. The number of halogens is 1. The van der Waals surface area contributed by atoms with E-state index in [9.17, 15) is 9.59 Å². The average molecular weight is 470 g/mol. The maximum absolute atomic E-state index is 13.4. The molecule has 0 aliphatic carbocycles. The number of pyridine rings is 1. The van der Waals surface area contributed by atoms with Gasteiger partial charge in [0.25, 0.3) is 5.56 Å². The molecule has 0 fully saturated rings. The van der Waals surface area contributed by atoms with Crippen LogP contribution in [0.15, 0.2) is 90.0 Å². The molecule has 5 rings (SSSR count). The van der Waals surface area contributed by atoms with Crippen LogP contribution in [0.1, 0.15) is 0 Å². The van der Waals surface area contributed by atoms with Crippen molar-refractivity contribution in [3.8, 4) is 28.5 Å². The van der Waals surface area contributed by atoms with E-state index < -0.39 is 0 Å². The number of carbonyl (C=O) groups excluding carboxylic acids is 1. The molecule has 0 unspecified atom stereocenters. The largest absolute Gasteiger partial charge is 0.358 e. The van der Waals surface area contributed by atoms with Gasteiger partial charge in [-0.15, -0.1) is 0 Å². The minimum Gasteiger partial charge on any atom is -0.358 e. The zero-order valence-corrected chi connectivity index (χ0v) is 19.0. The van der Waals surface area contributed by atoms with Crippen LogP contribution in [0.2, 0.25) is 5.02 Å². The lowest BCUT2D eigenvalue weighted by atomic mass is 10.1.